The van der Waals surface area contributed by atoms with E-state index in [9.17, 15) is 14.4 Å². The van der Waals surface area contributed by atoms with Crippen molar-refractivity contribution in [2.45, 2.75) is 6.92 Å². The van der Waals surface area contributed by atoms with Crippen LogP contribution in [-0.4, -0.2) is 39.5 Å². The molecule has 0 saturated carbocycles. The molecule has 1 rings (SSSR count). The van der Waals surface area contributed by atoms with Gasteiger partial charge in [0.15, 0.2) is 0 Å². The highest BCUT2D eigenvalue weighted by atomic mass is 16.4. The predicted molar refractivity (Wildman–Crippen MR) is 60.9 cm³/mol. The first-order valence-electron chi connectivity index (χ1n) is 5.13. The van der Waals surface area contributed by atoms with Crippen molar-refractivity contribution in [3.05, 3.63) is 34.2 Å². The number of carboxylic acids is 1. The first-order chi connectivity index (χ1) is 7.95. The normalized spacial score (nSPS) is 10.0. The van der Waals surface area contributed by atoms with Gasteiger partial charge in [0.25, 0.3) is 11.5 Å². The molecule has 0 aliphatic rings. The molecule has 92 valence electrons. The lowest BCUT2D eigenvalue weighted by molar-refractivity contribution is -0.137. The molecule has 0 bridgehead atoms. The second-order valence-electron chi connectivity index (χ2n) is 3.58. The maximum Gasteiger partial charge on any atom is 0.323 e. The molecular formula is C11H14N2O4. The summed E-state index contributed by atoms with van der Waals surface area (Å²) >= 11 is 0. The number of hydrogen-bond donors (Lipinski definition) is 1. The van der Waals surface area contributed by atoms with Crippen molar-refractivity contribution < 1.29 is 14.7 Å². The molecular weight excluding hydrogens is 224 g/mol. The van der Waals surface area contributed by atoms with E-state index in [1.165, 1.54) is 22.9 Å². The van der Waals surface area contributed by atoms with E-state index in [4.69, 9.17) is 5.11 Å². The molecule has 6 nitrogen and oxygen atoms in total. The second-order valence-corrected chi connectivity index (χ2v) is 3.58. The Hall–Kier alpha value is -2.11. The number of aliphatic carboxylic acids is 1. The number of aromatic nitrogens is 1. The number of carbonyl (C=O) groups is 2. The topological polar surface area (TPSA) is 79.6 Å². The van der Waals surface area contributed by atoms with E-state index in [1.807, 2.05) is 0 Å². The number of aryl methyl sites for hydroxylation is 1. The Morgan fingerprint density at radius 1 is 1.47 bits per heavy atom. The number of carbonyl (C=O) groups excluding carboxylic acids is 1. The van der Waals surface area contributed by atoms with Crippen LogP contribution in [-0.2, 0) is 11.8 Å². The Bertz CT molecular complexity index is 492. The minimum atomic E-state index is -1.08. The zero-order chi connectivity index (χ0) is 13.0. The van der Waals surface area contributed by atoms with E-state index >= 15 is 0 Å². The molecule has 0 radical (unpaired) electrons. The summed E-state index contributed by atoms with van der Waals surface area (Å²) < 4.78 is 1.34. The summed E-state index contributed by atoms with van der Waals surface area (Å²) in [6.45, 7) is 1.59. The Kier molecular flexibility index (Phi) is 4.03. The maximum atomic E-state index is 11.9. The van der Waals surface area contributed by atoms with Gasteiger partial charge in [-0.1, -0.05) is 0 Å². The van der Waals surface area contributed by atoms with Crippen LogP contribution in [0.3, 0.4) is 0 Å². The summed E-state index contributed by atoms with van der Waals surface area (Å²) in [4.78, 5) is 35.0. The Morgan fingerprint density at radius 2 is 2.12 bits per heavy atom. The third-order valence-electron chi connectivity index (χ3n) is 2.35. The number of likely N-dealkylation sites (N-methyl/N-ethyl adjacent to an activating group) is 1. The highest BCUT2D eigenvalue weighted by Gasteiger charge is 2.17. The van der Waals surface area contributed by atoms with Crippen molar-refractivity contribution in [3.63, 3.8) is 0 Å². The first-order valence-corrected chi connectivity index (χ1v) is 5.13. The lowest BCUT2D eigenvalue weighted by atomic mass is 10.2. The fourth-order valence-electron chi connectivity index (χ4n) is 1.35. The van der Waals surface area contributed by atoms with Crippen LogP contribution in [0.15, 0.2) is 23.1 Å². The summed E-state index contributed by atoms with van der Waals surface area (Å²) in [5, 5.41) is 8.65. The molecule has 0 saturated heterocycles. The molecule has 6 heteroatoms. The Balaban J connectivity index is 2.97. The zero-order valence-corrected chi connectivity index (χ0v) is 9.71. The largest absolute Gasteiger partial charge is 0.480 e. The van der Waals surface area contributed by atoms with Gasteiger partial charge in [0, 0.05) is 31.4 Å². The van der Waals surface area contributed by atoms with Gasteiger partial charge in [-0.3, -0.25) is 14.4 Å². The van der Waals surface area contributed by atoms with Gasteiger partial charge in [-0.15, -0.1) is 0 Å². The van der Waals surface area contributed by atoms with Crippen molar-refractivity contribution in [1.82, 2.24) is 9.47 Å². The predicted octanol–water partition coefficient (Wildman–Crippen LogP) is -0.0680. The van der Waals surface area contributed by atoms with Crippen LogP contribution in [0, 0.1) is 0 Å². The van der Waals surface area contributed by atoms with Gasteiger partial charge in [-0.2, -0.15) is 0 Å². The molecule has 0 aromatic carbocycles. The molecule has 0 spiro atoms. The lowest BCUT2D eigenvalue weighted by Gasteiger charge is -2.18. The SMILES string of the molecule is CCN(CC(=O)O)C(=O)c1ccn(C)c(=O)c1. The number of pyridine rings is 1. The van der Waals surface area contributed by atoms with Crippen LogP contribution >= 0.6 is 0 Å². The molecule has 0 aliphatic heterocycles. The van der Waals surface area contributed by atoms with Crippen LogP contribution in [0.1, 0.15) is 17.3 Å². The summed E-state index contributed by atoms with van der Waals surface area (Å²) in [6.07, 6.45) is 1.48. The van der Waals surface area contributed by atoms with Gasteiger partial charge in [-0.05, 0) is 13.0 Å². The van der Waals surface area contributed by atoms with Crippen molar-refractivity contribution in [3.8, 4) is 0 Å². The van der Waals surface area contributed by atoms with E-state index < -0.39 is 11.9 Å². The first kappa shape index (κ1) is 13.0. The highest BCUT2D eigenvalue weighted by molar-refractivity contribution is 5.95. The molecule has 1 N–H and O–H groups in total. The number of carboxylic acid groups (broad SMARTS) is 1. The molecule has 1 aromatic heterocycles. The van der Waals surface area contributed by atoms with Crippen molar-refractivity contribution in [2.75, 3.05) is 13.1 Å². The van der Waals surface area contributed by atoms with Crippen LogP contribution in [0.5, 0.6) is 0 Å². The molecule has 1 amide bonds. The smallest absolute Gasteiger partial charge is 0.323 e. The van der Waals surface area contributed by atoms with E-state index in [2.05, 4.69) is 0 Å². The van der Waals surface area contributed by atoms with Crippen LogP contribution < -0.4 is 5.56 Å². The summed E-state index contributed by atoms with van der Waals surface area (Å²) in [5.41, 5.74) is -0.0987. The fraction of sp³-hybridized carbons (Fsp3) is 0.364. The number of nitrogens with zero attached hydrogens (tertiary/aromatic N) is 2. The van der Waals surface area contributed by atoms with Crippen molar-refractivity contribution in [1.29, 1.82) is 0 Å². The monoisotopic (exact) mass is 238 g/mol. The van der Waals surface area contributed by atoms with E-state index in [-0.39, 0.29) is 24.2 Å². The van der Waals surface area contributed by atoms with E-state index in [0.29, 0.717) is 0 Å². The van der Waals surface area contributed by atoms with Gasteiger partial charge in [0.05, 0.1) is 0 Å². The molecule has 0 fully saturated rings. The van der Waals surface area contributed by atoms with Crippen LogP contribution in [0.2, 0.25) is 0 Å². The molecule has 0 aliphatic carbocycles. The number of hydrogen-bond acceptors (Lipinski definition) is 3. The fourth-order valence-corrected chi connectivity index (χ4v) is 1.35. The van der Waals surface area contributed by atoms with Gasteiger partial charge in [0.1, 0.15) is 6.54 Å². The van der Waals surface area contributed by atoms with Crippen molar-refractivity contribution >= 4 is 11.9 Å². The van der Waals surface area contributed by atoms with E-state index in [0.717, 1.165) is 4.90 Å². The minimum Gasteiger partial charge on any atom is -0.480 e. The summed E-state index contributed by atoms with van der Waals surface area (Å²) in [6, 6.07) is 2.70. The molecule has 0 unspecified atom stereocenters. The Morgan fingerprint density at radius 3 is 2.59 bits per heavy atom. The average molecular weight is 238 g/mol. The molecule has 0 atom stereocenters. The zero-order valence-electron chi connectivity index (χ0n) is 9.71. The highest BCUT2D eigenvalue weighted by Crippen LogP contribution is 2.01. The molecule has 1 aromatic rings. The minimum absolute atomic E-state index is 0.205. The van der Waals surface area contributed by atoms with Crippen LogP contribution in [0.4, 0.5) is 0 Å². The summed E-state index contributed by atoms with van der Waals surface area (Å²) in [7, 11) is 1.57. The number of rotatable bonds is 4. The van der Waals surface area contributed by atoms with Gasteiger partial charge >= 0.3 is 5.97 Å². The standard InChI is InChI=1S/C11H14N2O4/c1-3-13(7-10(15)16)11(17)8-4-5-12(2)9(14)6-8/h4-6H,3,7H2,1-2H3,(H,15,16). The number of amides is 1. The van der Waals surface area contributed by atoms with E-state index in [1.54, 1.807) is 14.0 Å². The Labute approximate surface area is 98.1 Å². The average Bonchev–Trinajstić information content (AvgIpc) is 2.28. The van der Waals surface area contributed by atoms with Crippen molar-refractivity contribution in [2.24, 2.45) is 7.05 Å². The maximum absolute atomic E-state index is 11.9. The molecule has 17 heavy (non-hydrogen) atoms. The third-order valence-corrected chi connectivity index (χ3v) is 2.35. The third kappa shape index (κ3) is 3.17. The van der Waals surface area contributed by atoms with Gasteiger partial charge in [-0.25, -0.2) is 0 Å². The van der Waals surface area contributed by atoms with Gasteiger partial charge < -0.3 is 14.6 Å². The lowest BCUT2D eigenvalue weighted by Crippen LogP contribution is -2.36. The van der Waals surface area contributed by atoms with Gasteiger partial charge in [0.2, 0.25) is 0 Å². The summed E-state index contributed by atoms with van der Waals surface area (Å²) in [5.74, 6) is -1.53. The van der Waals surface area contributed by atoms with Crippen LogP contribution in [0.25, 0.3) is 0 Å². The molecule has 1 heterocycles. The quantitative estimate of drug-likeness (QED) is 0.796. The second kappa shape index (κ2) is 5.29.